The lowest BCUT2D eigenvalue weighted by atomic mass is 10.1. The number of hydrogen-bond donors (Lipinski definition) is 1. The van der Waals surface area contributed by atoms with E-state index in [1.807, 2.05) is 16.7 Å². The van der Waals surface area contributed by atoms with Crippen LogP contribution in [0.4, 0.5) is 0 Å². The van der Waals surface area contributed by atoms with Crippen LogP contribution in [0, 0.1) is 6.92 Å². The molecule has 0 radical (unpaired) electrons. The minimum Gasteiger partial charge on any atom is -0.508 e. The number of phenolic OH excluding ortho intramolecular Hbond substituents is 1. The maximum atomic E-state index is 12.2. The maximum absolute atomic E-state index is 12.2. The first-order valence-electron chi connectivity index (χ1n) is 5.36. The lowest BCUT2D eigenvalue weighted by Crippen LogP contribution is -2.38. The quantitative estimate of drug-likeness (QED) is 0.811. The average molecular weight is 237 g/mol. The van der Waals surface area contributed by atoms with Crippen molar-refractivity contribution in [2.45, 2.75) is 6.92 Å². The summed E-state index contributed by atoms with van der Waals surface area (Å²) in [6.45, 7) is 3.39. The Morgan fingerprint density at radius 1 is 1.38 bits per heavy atom. The minimum atomic E-state index is 0.0358. The van der Waals surface area contributed by atoms with Crippen LogP contribution in [-0.2, 0) is 0 Å². The van der Waals surface area contributed by atoms with Gasteiger partial charge in [-0.25, -0.2) is 0 Å². The molecule has 1 saturated heterocycles. The van der Waals surface area contributed by atoms with Gasteiger partial charge < -0.3 is 10.0 Å². The topological polar surface area (TPSA) is 40.5 Å². The van der Waals surface area contributed by atoms with E-state index in [9.17, 15) is 9.90 Å². The van der Waals surface area contributed by atoms with Crippen molar-refractivity contribution >= 4 is 17.7 Å². The van der Waals surface area contributed by atoms with E-state index in [1.165, 1.54) is 0 Å². The molecule has 86 valence electrons. The van der Waals surface area contributed by atoms with Gasteiger partial charge in [0, 0.05) is 35.7 Å². The number of thioether (sulfide) groups is 1. The van der Waals surface area contributed by atoms with Crippen LogP contribution in [-0.4, -0.2) is 40.5 Å². The van der Waals surface area contributed by atoms with Gasteiger partial charge in [-0.05, 0) is 19.1 Å². The van der Waals surface area contributed by atoms with Crippen molar-refractivity contribution in [3.8, 4) is 5.75 Å². The van der Waals surface area contributed by atoms with E-state index in [0.717, 1.165) is 24.6 Å². The van der Waals surface area contributed by atoms with Crippen molar-refractivity contribution in [1.82, 2.24) is 4.90 Å². The van der Waals surface area contributed by atoms with Crippen molar-refractivity contribution in [1.29, 1.82) is 0 Å². The molecule has 1 fully saturated rings. The molecular formula is C12H15NO2S. The number of carbonyl (C=O) groups excluding carboxylic acids is 1. The van der Waals surface area contributed by atoms with Crippen LogP contribution in [0.25, 0.3) is 0 Å². The number of rotatable bonds is 1. The van der Waals surface area contributed by atoms with Crippen LogP contribution in [0.5, 0.6) is 5.75 Å². The van der Waals surface area contributed by atoms with Gasteiger partial charge in [0.1, 0.15) is 5.75 Å². The number of benzene rings is 1. The molecule has 16 heavy (non-hydrogen) atoms. The summed E-state index contributed by atoms with van der Waals surface area (Å²) in [5.41, 5.74) is 1.29. The summed E-state index contributed by atoms with van der Waals surface area (Å²) in [4.78, 5) is 14.0. The lowest BCUT2D eigenvalue weighted by Gasteiger charge is -2.27. The number of hydrogen-bond acceptors (Lipinski definition) is 3. The first kappa shape index (κ1) is 11.3. The Hall–Kier alpha value is -1.16. The Morgan fingerprint density at radius 3 is 2.75 bits per heavy atom. The molecule has 0 spiro atoms. The van der Waals surface area contributed by atoms with Crippen molar-refractivity contribution in [2.75, 3.05) is 24.6 Å². The molecule has 4 heteroatoms. The van der Waals surface area contributed by atoms with Gasteiger partial charge >= 0.3 is 0 Å². The fourth-order valence-electron chi connectivity index (χ4n) is 1.79. The summed E-state index contributed by atoms with van der Waals surface area (Å²) in [5.74, 6) is 2.23. The Kier molecular flexibility index (Phi) is 3.39. The fraction of sp³-hybridized carbons (Fsp3) is 0.417. The van der Waals surface area contributed by atoms with E-state index in [0.29, 0.717) is 11.1 Å². The first-order valence-corrected chi connectivity index (χ1v) is 6.51. The number of phenols is 1. The standard InChI is InChI=1S/C12H15NO2S/c1-9-10(3-2-4-11(9)14)12(15)13-5-7-16-8-6-13/h2-4,14H,5-8H2,1H3. The summed E-state index contributed by atoms with van der Waals surface area (Å²) in [7, 11) is 0. The van der Waals surface area contributed by atoms with Crippen molar-refractivity contribution in [2.24, 2.45) is 0 Å². The summed E-state index contributed by atoms with van der Waals surface area (Å²) >= 11 is 1.88. The van der Waals surface area contributed by atoms with Gasteiger partial charge in [0.2, 0.25) is 0 Å². The predicted molar refractivity (Wildman–Crippen MR) is 66.1 cm³/mol. The molecule has 0 bridgehead atoms. The lowest BCUT2D eigenvalue weighted by molar-refractivity contribution is 0.0771. The number of nitrogens with zero attached hydrogens (tertiary/aromatic N) is 1. The van der Waals surface area contributed by atoms with E-state index in [-0.39, 0.29) is 11.7 Å². The molecule has 1 amide bonds. The van der Waals surface area contributed by atoms with Crippen LogP contribution in [0.15, 0.2) is 18.2 Å². The highest BCUT2D eigenvalue weighted by Crippen LogP contribution is 2.22. The van der Waals surface area contributed by atoms with Gasteiger partial charge in [0.05, 0.1) is 0 Å². The normalized spacial score (nSPS) is 16.2. The van der Waals surface area contributed by atoms with Crippen LogP contribution in [0.3, 0.4) is 0 Å². The molecule has 2 rings (SSSR count). The van der Waals surface area contributed by atoms with E-state index < -0.39 is 0 Å². The predicted octanol–water partition coefficient (Wildman–Crippen LogP) is 1.89. The van der Waals surface area contributed by atoms with E-state index in [4.69, 9.17) is 0 Å². The smallest absolute Gasteiger partial charge is 0.254 e. The summed E-state index contributed by atoms with van der Waals surface area (Å²) in [6.07, 6.45) is 0. The second-order valence-electron chi connectivity index (χ2n) is 3.85. The molecule has 1 aliphatic heterocycles. The van der Waals surface area contributed by atoms with Gasteiger partial charge in [0.15, 0.2) is 0 Å². The average Bonchev–Trinajstić information content (AvgIpc) is 2.33. The molecule has 1 aliphatic rings. The van der Waals surface area contributed by atoms with Crippen LogP contribution >= 0.6 is 11.8 Å². The summed E-state index contributed by atoms with van der Waals surface area (Å²) in [6, 6.07) is 5.10. The highest BCUT2D eigenvalue weighted by molar-refractivity contribution is 7.99. The Morgan fingerprint density at radius 2 is 2.06 bits per heavy atom. The zero-order valence-electron chi connectivity index (χ0n) is 9.27. The van der Waals surface area contributed by atoms with Crippen LogP contribution in [0.2, 0.25) is 0 Å². The van der Waals surface area contributed by atoms with Gasteiger partial charge in [-0.1, -0.05) is 6.07 Å². The number of amides is 1. The maximum Gasteiger partial charge on any atom is 0.254 e. The Labute approximate surface area is 99.5 Å². The third-order valence-corrected chi connectivity index (χ3v) is 3.78. The zero-order chi connectivity index (χ0) is 11.5. The monoisotopic (exact) mass is 237 g/mol. The molecule has 0 saturated carbocycles. The number of aromatic hydroxyl groups is 1. The molecule has 1 aromatic carbocycles. The highest BCUT2D eigenvalue weighted by atomic mass is 32.2. The summed E-state index contributed by atoms with van der Waals surface area (Å²) in [5, 5.41) is 9.57. The SMILES string of the molecule is Cc1c(O)cccc1C(=O)N1CCSCC1. The molecule has 0 aliphatic carbocycles. The number of carbonyl (C=O) groups is 1. The van der Waals surface area contributed by atoms with Gasteiger partial charge in [-0.15, -0.1) is 0 Å². The van der Waals surface area contributed by atoms with Crippen molar-refractivity contribution < 1.29 is 9.90 Å². The van der Waals surface area contributed by atoms with Gasteiger partial charge in [-0.3, -0.25) is 4.79 Å². The van der Waals surface area contributed by atoms with E-state index >= 15 is 0 Å². The second-order valence-corrected chi connectivity index (χ2v) is 5.08. The van der Waals surface area contributed by atoms with E-state index in [2.05, 4.69) is 0 Å². The molecular weight excluding hydrogens is 222 g/mol. The third-order valence-electron chi connectivity index (χ3n) is 2.83. The largest absolute Gasteiger partial charge is 0.508 e. The zero-order valence-corrected chi connectivity index (χ0v) is 10.1. The summed E-state index contributed by atoms with van der Waals surface area (Å²) < 4.78 is 0. The van der Waals surface area contributed by atoms with Crippen molar-refractivity contribution in [3.63, 3.8) is 0 Å². The Bertz CT molecular complexity index is 400. The third kappa shape index (κ3) is 2.16. The van der Waals surface area contributed by atoms with Gasteiger partial charge in [-0.2, -0.15) is 11.8 Å². The molecule has 0 aromatic heterocycles. The first-order chi connectivity index (χ1) is 7.70. The molecule has 3 nitrogen and oxygen atoms in total. The Balaban J connectivity index is 2.22. The molecule has 1 aromatic rings. The van der Waals surface area contributed by atoms with Crippen LogP contribution in [0.1, 0.15) is 15.9 Å². The van der Waals surface area contributed by atoms with Crippen molar-refractivity contribution in [3.05, 3.63) is 29.3 Å². The highest BCUT2D eigenvalue weighted by Gasteiger charge is 2.20. The van der Waals surface area contributed by atoms with E-state index in [1.54, 1.807) is 25.1 Å². The van der Waals surface area contributed by atoms with Gasteiger partial charge in [0.25, 0.3) is 5.91 Å². The van der Waals surface area contributed by atoms with Crippen LogP contribution < -0.4 is 0 Å². The molecule has 1 heterocycles. The molecule has 0 atom stereocenters. The second kappa shape index (κ2) is 4.78. The molecule has 1 N–H and O–H groups in total. The fourth-order valence-corrected chi connectivity index (χ4v) is 2.70. The molecule has 0 unspecified atom stereocenters. The minimum absolute atomic E-state index is 0.0358.